The first kappa shape index (κ1) is 19.3. The van der Waals surface area contributed by atoms with Gasteiger partial charge in [0.1, 0.15) is 17.2 Å². The summed E-state index contributed by atoms with van der Waals surface area (Å²) in [4.78, 5) is 12.4. The number of nitrogens with zero attached hydrogens (tertiary/aromatic N) is 3. The second kappa shape index (κ2) is 8.16. The molecule has 1 N–H and O–H groups in total. The Kier molecular flexibility index (Phi) is 5.26. The minimum absolute atomic E-state index is 0.318. The zero-order valence-electron chi connectivity index (χ0n) is 16.5. The number of anilines is 1. The summed E-state index contributed by atoms with van der Waals surface area (Å²) >= 11 is 0. The highest BCUT2D eigenvalue weighted by atomic mass is 19.1. The number of nitrogens with one attached hydrogen (secondary N) is 1. The second-order valence-corrected chi connectivity index (χ2v) is 6.74. The molecule has 2 aromatic carbocycles. The highest BCUT2D eigenvalue weighted by Crippen LogP contribution is 2.25. The normalized spacial score (nSPS) is 11.2. The number of aryl methyl sites for hydroxylation is 2. The van der Waals surface area contributed by atoms with Gasteiger partial charge in [-0.15, -0.1) is 0 Å². The van der Waals surface area contributed by atoms with E-state index in [4.69, 9.17) is 4.52 Å². The van der Waals surface area contributed by atoms with Crippen LogP contribution in [0.2, 0.25) is 0 Å². The first-order chi connectivity index (χ1) is 14.5. The minimum Gasteiger partial charge on any atom is -0.359 e. The molecule has 2 heterocycles. The van der Waals surface area contributed by atoms with E-state index in [1.54, 1.807) is 36.7 Å². The van der Waals surface area contributed by atoms with Crippen molar-refractivity contribution in [2.45, 2.75) is 13.8 Å². The van der Waals surface area contributed by atoms with E-state index in [0.29, 0.717) is 22.8 Å². The van der Waals surface area contributed by atoms with E-state index in [1.807, 2.05) is 36.5 Å². The smallest absolute Gasteiger partial charge is 0.248 e. The van der Waals surface area contributed by atoms with Crippen LogP contribution in [0, 0.1) is 19.7 Å². The van der Waals surface area contributed by atoms with E-state index >= 15 is 0 Å². The van der Waals surface area contributed by atoms with E-state index in [1.165, 1.54) is 18.2 Å². The lowest BCUT2D eigenvalue weighted by Gasteiger charge is -2.01. The molecule has 1 amide bonds. The quantitative estimate of drug-likeness (QED) is 0.480. The van der Waals surface area contributed by atoms with Crippen LogP contribution in [-0.4, -0.2) is 20.8 Å². The average molecular weight is 402 g/mol. The molecule has 6 nitrogen and oxygen atoms in total. The van der Waals surface area contributed by atoms with Gasteiger partial charge in [-0.2, -0.15) is 5.10 Å². The molecule has 0 unspecified atom stereocenters. The number of hydrogen-bond donors (Lipinski definition) is 1. The molecule has 4 rings (SSSR count). The van der Waals surface area contributed by atoms with Gasteiger partial charge in [0.2, 0.25) is 5.91 Å². The number of amides is 1. The van der Waals surface area contributed by atoms with Gasteiger partial charge in [0, 0.05) is 23.4 Å². The third-order valence-electron chi connectivity index (χ3n) is 4.58. The molecule has 2 aromatic heterocycles. The summed E-state index contributed by atoms with van der Waals surface area (Å²) in [6, 6.07) is 15.7. The van der Waals surface area contributed by atoms with Gasteiger partial charge >= 0.3 is 0 Å². The topological polar surface area (TPSA) is 73.0 Å². The molecule has 0 radical (unpaired) electrons. The van der Waals surface area contributed by atoms with Crippen LogP contribution in [0.3, 0.4) is 0 Å². The van der Waals surface area contributed by atoms with E-state index in [-0.39, 0.29) is 11.7 Å². The summed E-state index contributed by atoms with van der Waals surface area (Å²) in [5.41, 5.74) is 4.15. The first-order valence-corrected chi connectivity index (χ1v) is 9.34. The number of halogens is 1. The van der Waals surface area contributed by atoms with Gasteiger partial charge in [0.25, 0.3) is 0 Å². The van der Waals surface area contributed by atoms with E-state index in [9.17, 15) is 9.18 Å². The maximum Gasteiger partial charge on any atom is 0.248 e. The molecule has 0 aliphatic rings. The highest BCUT2D eigenvalue weighted by molar-refractivity contribution is 6.02. The van der Waals surface area contributed by atoms with Crippen LogP contribution in [-0.2, 0) is 4.79 Å². The molecule has 0 bridgehead atoms. The van der Waals surface area contributed by atoms with Gasteiger partial charge in [-0.1, -0.05) is 23.4 Å². The molecular formula is C23H19FN4O2. The van der Waals surface area contributed by atoms with Crippen LogP contribution in [0.25, 0.3) is 23.0 Å². The number of para-hydroxylation sites is 1. The van der Waals surface area contributed by atoms with Gasteiger partial charge in [-0.25, -0.2) is 9.07 Å². The number of carbonyl (C=O) groups is 1. The van der Waals surface area contributed by atoms with Crippen LogP contribution in [0.1, 0.15) is 17.0 Å². The summed E-state index contributed by atoms with van der Waals surface area (Å²) in [7, 11) is 0. The molecule has 0 aliphatic heterocycles. The predicted octanol–water partition coefficient (Wildman–Crippen LogP) is 4.94. The van der Waals surface area contributed by atoms with Crippen molar-refractivity contribution in [3.8, 4) is 16.9 Å². The van der Waals surface area contributed by atoms with Crippen molar-refractivity contribution in [1.29, 1.82) is 0 Å². The van der Waals surface area contributed by atoms with Crippen molar-refractivity contribution in [3.05, 3.63) is 89.7 Å². The Balaban J connectivity index is 1.67. The summed E-state index contributed by atoms with van der Waals surface area (Å²) < 4.78 is 20.2. The molecule has 7 heteroatoms. The Labute approximate surface area is 172 Å². The fraction of sp³-hybridized carbons (Fsp3) is 0.0870. The van der Waals surface area contributed by atoms with Gasteiger partial charge in [-0.05, 0) is 56.3 Å². The van der Waals surface area contributed by atoms with Crippen LogP contribution in [0.15, 0.2) is 71.4 Å². The van der Waals surface area contributed by atoms with Gasteiger partial charge < -0.3 is 9.84 Å². The Morgan fingerprint density at radius 1 is 1.10 bits per heavy atom. The standard InChI is InChI=1S/C23H19FN4O2/c1-15-22(16(2)30-27-15)25-21(29)13-10-18-14-28(20-6-4-3-5-7-20)26-23(18)17-8-11-19(24)12-9-17/h3-14H,1-2H3,(H,25,29)/b13-10+. The maximum atomic E-state index is 13.4. The zero-order chi connectivity index (χ0) is 21.1. The average Bonchev–Trinajstić information content (AvgIpc) is 3.32. The molecule has 0 saturated heterocycles. The van der Waals surface area contributed by atoms with Crippen molar-refractivity contribution in [2.75, 3.05) is 5.32 Å². The van der Waals surface area contributed by atoms with Crippen molar-refractivity contribution in [3.63, 3.8) is 0 Å². The molecule has 150 valence electrons. The van der Waals surface area contributed by atoms with Crippen molar-refractivity contribution in [2.24, 2.45) is 0 Å². The summed E-state index contributed by atoms with van der Waals surface area (Å²) in [6.07, 6.45) is 4.93. The van der Waals surface area contributed by atoms with Crippen molar-refractivity contribution in [1.82, 2.24) is 14.9 Å². The van der Waals surface area contributed by atoms with Crippen LogP contribution >= 0.6 is 0 Å². The Bertz CT molecular complexity index is 1190. The first-order valence-electron chi connectivity index (χ1n) is 9.34. The lowest BCUT2D eigenvalue weighted by atomic mass is 10.1. The lowest BCUT2D eigenvalue weighted by Crippen LogP contribution is -2.08. The summed E-state index contributed by atoms with van der Waals surface area (Å²) in [6.45, 7) is 3.49. The van der Waals surface area contributed by atoms with Gasteiger partial charge in [-0.3, -0.25) is 4.79 Å². The van der Waals surface area contributed by atoms with E-state index in [0.717, 1.165) is 16.8 Å². The van der Waals surface area contributed by atoms with Crippen LogP contribution < -0.4 is 5.32 Å². The fourth-order valence-corrected chi connectivity index (χ4v) is 3.05. The van der Waals surface area contributed by atoms with Gasteiger partial charge in [0.15, 0.2) is 5.76 Å². The summed E-state index contributed by atoms with van der Waals surface area (Å²) in [5, 5.41) is 11.3. The highest BCUT2D eigenvalue weighted by Gasteiger charge is 2.13. The van der Waals surface area contributed by atoms with Crippen LogP contribution in [0.4, 0.5) is 10.1 Å². The number of aromatic nitrogens is 3. The molecular weight excluding hydrogens is 383 g/mol. The molecule has 0 saturated carbocycles. The zero-order valence-corrected chi connectivity index (χ0v) is 16.5. The number of hydrogen-bond acceptors (Lipinski definition) is 4. The monoisotopic (exact) mass is 402 g/mol. The minimum atomic E-state index is -0.322. The molecule has 0 spiro atoms. The summed E-state index contributed by atoms with van der Waals surface area (Å²) in [5.74, 6) is -0.0998. The largest absolute Gasteiger partial charge is 0.359 e. The predicted molar refractivity (Wildman–Crippen MR) is 113 cm³/mol. The third-order valence-corrected chi connectivity index (χ3v) is 4.58. The Hall–Kier alpha value is -4.00. The van der Waals surface area contributed by atoms with Gasteiger partial charge in [0.05, 0.1) is 11.4 Å². The second-order valence-electron chi connectivity index (χ2n) is 6.74. The number of carbonyl (C=O) groups excluding carboxylic acids is 1. The SMILES string of the molecule is Cc1noc(C)c1NC(=O)/C=C/c1cn(-c2ccccc2)nc1-c1ccc(F)cc1. The molecule has 0 atom stereocenters. The molecule has 0 fully saturated rings. The van der Waals surface area contributed by atoms with Crippen LogP contribution in [0.5, 0.6) is 0 Å². The number of rotatable bonds is 5. The molecule has 30 heavy (non-hydrogen) atoms. The Morgan fingerprint density at radius 2 is 1.83 bits per heavy atom. The fourth-order valence-electron chi connectivity index (χ4n) is 3.05. The van der Waals surface area contributed by atoms with E-state index < -0.39 is 0 Å². The third kappa shape index (κ3) is 4.05. The Morgan fingerprint density at radius 3 is 2.50 bits per heavy atom. The molecule has 4 aromatic rings. The van der Waals surface area contributed by atoms with E-state index in [2.05, 4.69) is 15.6 Å². The van der Waals surface area contributed by atoms with Crippen molar-refractivity contribution < 1.29 is 13.7 Å². The van der Waals surface area contributed by atoms with Crippen molar-refractivity contribution >= 4 is 17.7 Å². The number of benzene rings is 2. The lowest BCUT2D eigenvalue weighted by molar-refractivity contribution is -0.111. The molecule has 0 aliphatic carbocycles. The maximum absolute atomic E-state index is 13.4.